The number of benzene rings is 1. The predicted molar refractivity (Wildman–Crippen MR) is 94.8 cm³/mol. The van der Waals surface area contributed by atoms with Gasteiger partial charge in [0.25, 0.3) is 0 Å². The molecule has 1 saturated heterocycles. The Labute approximate surface area is 152 Å². The quantitative estimate of drug-likeness (QED) is 0.867. The number of hydrogen-bond acceptors (Lipinski definition) is 3. The highest BCUT2D eigenvalue weighted by Gasteiger charge is 2.56. The summed E-state index contributed by atoms with van der Waals surface area (Å²) < 4.78 is 5.53. The van der Waals surface area contributed by atoms with Crippen molar-refractivity contribution in [3.63, 3.8) is 0 Å². The third-order valence-electron chi connectivity index (χ3n) is 5.01. The summed E-state index contributed by atoms with van der Waals surface area (Å²) in [6.45, 7) is 6.02. The smallest absolute Gasteiger partial charge is 0.410 e. The van der Waals surface area contributed by atoms with Crippen LogP contribution in [0.1, 0.15) is 51.5 Å². The monoisotopic (exact) mass is 365 g/mol. The standard InChI is InChI=1S/C19H24ClNO4/c1-18(2,3)25-17(24)21-11-19(8-9-19)10-14(21)15(16(22)23)12-4-6-13(20)7-5-12/h4-7,14-15H,8-11H2,1-3H3,(H,22,23)/t14-,15-/m0/s1. The van der Waals surface area contributed by atoms with Crippen molar-refractivity contribution in [3.05, 3.63) is 34.9 Å². The summed E-state index contributed by atoms with van der Waals surface area (Å²) in [5, 5.41) is 10.4. The van der Waals surface area contributed by atoms with Crippen molar-refractivity contribution in [2.45, 2.75) is 57.6 Å². The fourth-order valence-corrected chi connectivity index (χ4v) is 3.78. The van der Waals surface area contributed by atoms with E-state index in [1.807, 2.05) is 20.8 Å². The van der Waals surface area contributed by atoms with Crippen LogP contribution in [0.15, 0.2) is 24.3 Å². The number of rotatable bonds is 3. The lowest BCUT2D eigenvalue weighted by Crippen LogP contribution is -2.44. The molecule has 1 spiro atoms. The van der Waals surface area contributed by atoms with Gasteiger partial charge in [0, 0.05) is 11.6 Å². The number of hydrogen-bond donors (Lipinski definition) is 1. The molecule has 1 aliphatic heterocycles. The number of aliphatic carboxylic acids is 1. The van der Waals surface area contributed by atoms with Crippen LogP contribution in [0.3, 0.4) is 0 Å². The van der Waals surface area contributed by atoms with Gasteiger partial charge in [-0.1, -0.05) is 23.7 Å². The van der Waals surface area contributed by atoms with Gasteiger partial charge in [0.15, 0.2) is 0 Å². The average Bonchev–Trinajstić information content (AvgIpc) is 3.12. The first-order valence-electron chi connectivity index (χ1n) is 8.58. The zero-order valence-electron chi connectivity index (χ0n) is 14.8. The van der Waals surface area contributed by atoms with Crippen LogP contribution in [0.2, 0.25) is 5.02 Å². The van der Waals surface area contributed by atoms with Crippen LogP contribution in [-0.4, -0.2) is 40.3 Å². The molecule has 2 aliphatic rings. The van der Waals surface area contributed by atoms with Crippen LogP contribution < -0.4 is 0 Å². The number of amides is 1. The van der Waals surface area contributed by atoms with Crippen molar-refractivity contribution >= 4 is 23.7 Å². The Morgan fingerprint density at radius 1 is 1.28 bits per heavy atom. The van der Waals surface area contributed by atoms with Crippen LogP contribution in [0.4, 0.5) is 4.79 Å². The second-order valence-electron chi connectivity index (χ2n) is 8.25. The summed E-state index contributed by atoms with van der Waals surface area (Å²) in [6, 6.07) is 6.42. The molecule has 1 N–H and O–H groups in total. The molecule has 2 atom stereocenters. The Balaban J connectivity index is 1.91. The van der Waals surface area contributed by atoms with Crippen molar-refractivity contribution in [2.75, 3.05) is 6.54 Å². The molecule has 25 heavy (non-hydrogen) atoms. The van der Waals surface area contributed by atoms with Crippen molar-refractivity contribution in [2.24, 2.45) is 5.41 Å². The van der Waals surface area contributed by atoms with Crippen molar-refractivity contribution < 1.29 is 19.4 Å². The molecule has 0 radical (unpaired) electrons. The average molecular weight is 366 g/mol. The summed E-state index contributed by atoms with van der Waals surface area (Å²) in [6.07, 6.45) is 2.35. The van der Waals surface area contributed by atoms with Gasteiger partial charge in [-0.15, -0.1) is 0 Å². The van der Waals surface area contributed by atoms with E-state index in [0.29, 0.717) is 23.6 Å². The Morgan fingerprint density at radius 2 is 1.88 bits per heavy atom. The normalized spacial score (nSPS) is 22.7. The van der Waals surface area contributed by atoms with Gasteiger partial charge in [-0.2, -0.15) is 0 Å². The van der Waals surface area contributed by atoms with Crippen molar-refractivity contribution in [1.29, 1.82) is 0 Å². The molecule has 1 amide bonds. The molecule has 6 heteroatoms. The van der Waals surface area contributed by atoms with Crippen LogP contribution in [0.25, 0.3) is 0 Å². The molecule has 2 fully saturated rings. The largest absolute Gasteiger partial charge is 0.481 e. The van der Waals surface area contributed by atoms with Crippen molar-refractivity contribution in [3.8, 4) is 0 Å². The third kappa shape index (κ3) is 3.92. The topological polar surface area (TPSA) is 66.8 Å². The second-order valence-corrected chi connectivity index (χ2v) is 8.68. The molecule has 1 saturated carbocycles. The molecule has 0 aromatic heterocycles. The minimum Gasteiger partial charge on any atom is -0.481 e. The maximum Gasteiger partial charge on any atom is 0.410 e. The van der Waals surface area contributed by atoms with Gasteiger partial charge in [0.2, 0.25) is 0 Å². The number of carboxylic acid groups (broad SMARTS) is 1. The lowest BCUT2D eigenvalue weighted by Gasteiger charge is -2.31. The van der Waals surface area contributed by atoms with Crippen LogP contribution in [0, 0.1) is 5.41 Å². The molecule has 1 aliphatic carbocycles. The number of carbonyl (C=O) groups is 2. The molecule has 3 rings (SSSR count). The first-order valence-corrected chi connectivity index (χ1v) is 8.96. The number of carboxylic acids is 1. The first-order chi connectivity index (χ1) is 11.6. The third-order valence-corrected chi connectivity index (χ3v) is 5.27. The molecule has 1 aromatic carbocycles. The number of nitrogens with zero attached hydrogens (tertiary/aromatic N) is 1. The highest BCUT2D eigenvalue weighted by Crippen LogP contribution is 2.57. The molecule has 0 bridgehead atoms. The predicted octanol–water partition coefficient (Wildman–Crippen LogP) is 4.30. The van der Waals surface area contributed by atoms with Gasteiger partial charge >= 0.3 is 12.1 Å². The molecule has 5 nitrogen and oxygen atoms in total. The minimum atomic E-state index is -0.932. The number of halogens is 1. The van der Waals surface area contributed by atoms with E-state index in [4.69, 9.17) is 16.3 Å². The Hall–Kier alpha value is -1.75. The van der Waals surface area contributed by atoms with Gasteiger partial charge in [-0.3, -0.25) is 4.79 Å². The highest BCUT2D eigenvalue weighted by atomic mass is 35.5. The second kappa shape index (κ2) is 6.20. The van der Waals surface area contributed by atoms with E-state index in [2.05, 4.69) is 0 Å². The Kier molecular flexibility index (Phi) is 4.48. The lowest BCUT2D eigenvalue weighted by atomic mass is 9.87. The number of ether oxygens (including phenoxy) is 1. The van der Waals surface area contributed by atoms with Gasteiger partial charge in [0.1, 0.15) is 11.5 Å². The summed E-state index contributed by atoms with van der Waals surface area (Å²) >= 11 is 5.93. The first kappa shape index (κ1) is 18.1. The molecular formula is C19H24ClNO4. The number of carbonyl (C=O) groups excluding carboxylic acids is 1. The van der Waals surface area contributed by atoms with Gasteiger partial charge in [-0.05, 0) is 63.1 Å². The molecule has 136 valence electrons. The molecule has 1 heterocycles. The molecular weight excluding hydrogens is 342 g/mol. The summed E-state index contributed by atoms with van der Waals surface area (Å²) in [5.41, 5.74) is 0.120. The zero-order chi connectivity index (χ0) is 18.4. The van der Waals surface area contributed by atoms with Gasteiger partial charge in [-0.25, -0.2) is 4.79 Å². The van der Waals surface area contributed by atoms with Gasteiger partial charge < -0.3 is 14.7 Å². The van der Waals surface area contributed by atoms with E-state index >= 15 is 0 Å². The fraction of sp³-hybridized carbons (Fsp3) is 0.579. The van der Waals surface area contributed by atoms with E-state index < -0.39 is 29.6 Å². The van der Waals surface area contributed by atoms with Crippen LogP contribution in [0.5, 0.6) is 0 Å². The Morgan fingerprint density at radius 3 is 2.36 bits per heavy atom. The van der Waals surface area contributed by atoms with E-state index in [0.717, 1.165) is 12.8 Å². The summed E-state index contributed by atoms with van der Waals surface area (Å²) in [5.74, 6) is -1.72. The zero-order valence-corrected chi connectivity index (χ0v) is 15.5. The molecule has 1 aromatic rings. The van der Waals surface area contributed by atoms with E-state index in [1.165, 1.54) is 0 Å². The van der Waals surface area contributed by atoms with E-state index in [-0.39, 0.29) is 5.41 Å². The lowest BCUT2D eigenvalue weighted by molar-refractivity contribution is -0.140. The SMILES string of the molecule is CC(C)(C)OC(=O)N1CC2(CC2)C[C@H]1[C@@H](C(=O)O)c1ccc(Cl)cc1. The number of likely N-dealkylation sites (tertiary alicyclic amines) is 1. The van der Waals surface area contributed by atoms with E-state index in [9.17, 15) is 14.7 Å². The maximum absolute atomic E-state index is 12.7. The minimum absolute atomic E-state index is 0.0711. The Bertz CT molecular complexity index is 676. The van der Waals surface area contributed by atoms with Crippen LogP contribution in [-0.2, 0) is 9.53 Å². The molecule has 0 unspecified atom stereocenters. The van der Waals surface area contributed by atoms with Crippen LogP contribution >= 0.6 is 11.6 Å². The van der Waals surface area contributed by atoms with Crippen molar-refractivity contribution in [1.82, 2.24) is 4.90 Å². The maximum atomic E-state index is 12.7. The summed E-state index contributed by atoms with van der Waals surface area (Å²) in [7, 11) is 0. The fourth-order valence-electron chi connectivity index (χ4n) is 3.65. The highest BCUT2D eigenvalue weighted by molar-refractivity contribution is 6.30. The van der Waals surface area contributed by atoms with E-state index in [1.54, 1.807) is 29.2 Å². The summed E-state index contributed by atoms with van der Waals surface area (Å²) in [4.78, 5) is 26.4. The van der Waals surface area contributed by atoms with Gasteiger partial charge in [0.05, 0.1) is 6.04 Å².